The fourth-order valence-corrected chi connectivity index (χ4v) is 5.09. The quantitative estimate of drug-likeness (QED) is 0.192. The number of aromatic nitrogens is 4. The van der Waals surface area contributed by atoms with Crippen molar-refractivity contribution >= 4 is 57.7 Å². The van der Waals surface area contributed by atoms with E-state index in [1.54, 1.807) is 0 Å². The van der Waals surface area contributed by atoms with E-state index in [1.807, 2.05) is 97.1 Å². The molecule has 8 bridgehead atoms. The van der Waals surface area contributed by atoms with E-state index in [0.29, 0.717) is 11.4 Å². The number of nitrogens with two attached hydrogens (primary N) is 2. The smallest absolute Gasteiger partial charge is 0.0737 e. The Balaban J connectivity index is 1.59. The molecular formula is C32H24N6. The molecule has 5 heterocycles. The number of fused-ring (bicyclic) bond motifs is 8. The molecule has 6 nitrogen and oxygen atoms in total. The average molecular weight is 493 g/mol. The van der Waals surface area contributed by atoms with Crippen molar-refractivity contribution in [2.75, 3.05) is 11.5 Å². The van der Waals surface area contributed by atoms with E-state index in [9.17, 15) is 0 Å². The fourth-order valence-electron chi connectivity index (χ4n) is 5.09. The zero-order valence-corrected chi connectivity index (χ0v) is 20.4. The van der Waals surface area contributed by atoms with Crippen LogP contribution in [0.15, 0.2) is 84.9 Å². The predicted octanol–water partition coefficient (Wildman–Crippen LogP) is 7.15. The monoisotopic (exact) mass is 492 g/mol. The summed E-state index contributed by atoms with van der Waals surface area (Å²) in [5.41, 5.74) is 25.1. The number of H-pyrrole nitrogens is 2. The molecule has 2 aliphatic heterocycles. The van der Waals surface area contributed by atoms with E-state index in [1.165, 1.54) is 0 Å². The van der Waals surface area contributed by atoms with Crippen molar-refractivity contribution in [3.8, 4) is 22.3 Å². The standard InChI is InChI=1S/C32H24N6/c33-25-7-3-1-5-23(25)31-27-13-9-19(35-27)17-21-11-15-29(37-21)32(24-6-2-4-8-26(24)34)30-16-12-22(38-30)18-20-10-14-28(31)36-20/h1-18,35,38H,33-34H2. The maximum absolute atomic E-state index is 6.42. The molecule has 0 amide bonds. The van der Waals surface area contributed by atoms with Gasteiger partial charge in [0.05, 0.1) is 22.8 Å². The molecule has 0 saturated heterocycles. The van der Waals surface area contributed by atoms with Gasteiger partial charge in [0.2, 0.25) is 0 Å². The summed E-state index contributed by atoms with van der Waals surface area (Å²) in [6, 6.07) is 28.0. The summed E-state index contributed by atoms with van der Waals surface area (Å²) in [4.78, 5) is 17.0. The zero-order chi connectivity index (χ0) is 25.6. The number of para-hydroxylation sites is 2. The van der Waals surface area contributed by atoms with E-state index in [4.69, 9.17) is 21.4 Å². The Morgan fingerprint density at radius 3 is 1.39 bits per heavy atom. The lowest BCUT2D eigenvalue weighted by atomic mass is 10.0. The highest BCUT2D eigenvalue weighted by Gasteiger charge is 2.15. The first-order chi connectivity index (χ1) is 18.6. The van der Waals surface area contributed by atoms with Gasteiger partial charge in [0.1, 0.15) is 0 Å². The van der Waals surface area contributed by atoms with Crippen molar-refractivity contribution in [1.29, 1.82) is 0 Å². The molecule has 0 radical (unpaired) electrons. The van der Waals surface area contributed by atoms with Crippen LogP contribution in [0.3, 0.4) is 0 Å². The largest absolute Gasteiger partial charge is 0.398 e. The number of rotatable bonds is 2. The summed E-state index contributed by atoms with van der Waals surface area (Å²) >= 11 is 0. The number of nitrogens with zero attached hydrogens (tertiary/aromatic N) is 2. The van der Waals surface area contributed by atoms with Crippen LogP contribution in [0.1, 0.15) is 22.8 Å². The first-order valence-electron chi connectivity index (χ1n) is 12.4. The summed E-state index contributed by atoms with van der Waals surface area (Å²) in [6.07, 6.45) is 8.11. The molecule has 6 N–H and O–H groups in total. The highest BCUT2D eigenvalue weighted by atomic mass is 14.8. The number of anilines is 2. The third-order valence-electron chi connectivity index (χ3n) is 6.86. The van der Waals surface area contributed by atoms with Crippen LogP contribution in [-0.4, -0.2) is 19.9 Å². The molecule has 2 aromatic carbocycles. The lowest BCUT2D eigenvalue weighted by Crippen LogP contribution is -1.92. The van der Waals surface area contributed by atoms with Gasteiger partial charge in [-0.3, -0.25) is 0 Å². The average Bonchev–Trinajstić information content (AvgIpc) is 3.72. The van der Waals surface area contributed by atoms with Gasteiger partial charge in [-0.15, -0.1) is 0 Å². The summed E-state index contributed by atoms with van der Waals surface area (Å²) in [7, 11) is 0. The number of hydrogen-bond donors (Lipinski definition) is 4. The van der Waals surface area contributed by atoms with Gasteiger partial charge < -0.3 is 21.4 Å². The molecule has 0 saturated carbocycles. The SMILES string of the molecule is Nc1ccccc1-c1c2nc(cc3ccc([nH]3)c(-c3ccccc3N)c3nc(cc4ccc1[nH]4)C=C3)C=C2. The van der Waals surface area contributed by atoms with Crippen LogP contribution in [0.5, 0.6) is 0 Å². The van der Waals surface area contributed by atoms with Gasteiger partial charge in [-0.25, -0.2) is 9.97 Å². The van der Waals surface area contributed by atoms with Crippen molar-refractivity contribution in [1.82, 2.24) is 19.9 Å². The first-order valence-corrected chi connectivity index (χ1v) is 12.4. The number of hydrogen-bond acceptors (Lipinski definition) is 4. The number of nitrogen functional groups attached to an aromatic ring is 2. The molecule has 0 atom stereocenters. The minimum Gasteiger partial charge on any atom is -0.398 e. The molecular weight excluding hydrogens is 468 g/mol. The highest BCUT2D eigenvalue weighted by Crippen LogP contribution is 2.35. The lowest BCUT2D eigenvalue weighted by molar-refractivity contribution is 1.31. The fraction of sp³-hybridized carbons (Fsp3) is 0. The normalized spacial score (nSPS) is 12.2. The Hall–Kier alpha value is -5.36. The minimum atomic E-state index is 0.699. The Morgan fingerprint density at radius 2 is 0.947 bits per heavy atom. The first kappa shape index (κ1) is 21.9. The Morgan fingerprint density at radius 1 is 0.500 bits per heavy atom. The van der Waals surface area contributed by atoms with E-state index >= 15 is 0 Å². The third-order valence-corrected chi connectivity index (χ3v) is 6.86. The van der Waals surface area contributed by atoms with Crippen LogP contribution >= 0.6 is 0 Å². The molecule has 0 fully saturated rings. The van der Waals surface area contributed by atoms with Gasteiger partial charge in [-0.1, -0.05) is 36.4 Å². The summed E-state index contributed by atoms with van der Waals surface area (Å²) < 4.78 is 0. The van der Waals surface area contributed by atoms with E-state index < -0.39 is 0 Å². The minimum absolute atomic E-state index is 0.699. The predicted molar refractivity (Wildman–Crippen MR) is 159 cm³/mol. The Bertz CT molecular complexity index is 1810. The molecule has 5 aromatic rings. The van der Waals surface area contributed by atoms with Crippen molar-refractivity contribution in [3.63, 3.8) is 0 Å². The van der Waals surface area contributed by atoms with Gasteiger partial charge in [-0.05, 0) is 72.8 Å². The molecule has 2 aliphatic rings. The maximum Gasteiger partial charge on any atom is 0.0737 e. The maximum atomic E-state index is 6.42. The van der Waals surface area contributed by atoms with Crippen LogP contribution < -0.4 is 11.5 Å². The summed E-state index contributed by atoms with van der Waals surface area (Å²) in [5.74, 6) is 0. The molecule has 38 heavy (non-hydrogen) atoms. The second-order valence-electron chi connectivity index (χ2n) is 9.38. The highest BCUT2D eigenvalue weighted by molar-refractivity contribution is 5.96. The van der Waals surface area contributed by atoms with Crippen LogP contribution in [0.4, 0.5) is 11.4 Å². The second kappa shape index (κ2) is 8.64. The van der Waals surface area contributed by atoms with E-state index in [-0.39, 0.29) is 0 Å². The van der Waals surface area contributed by atoms with E-state index in [0.717, 1.165) is 67.1 Å². The number of aromatic amines is 2. The molecule has 7 rings (SSSR count). The third kappa shape index (κ3) is 3.76. The van der Waals surface area contributed by atoms with Crippen molar-refractivity contribution in [3.05, 3.63) is 108 Å². The molecule has 182 valence electrons. The topological polar surface area (TPSA) is 109 Å². The Kier molecular flexibility index (Phi) is 4.97. The van der Waals surface area contributed by atoms with Crippen molar-refractivity contribution in [2.45, 2.75) is 0 Å². The molecule has 0 spiro atoms. The van der Waals surface area contributed by atoms with Gasteiger partial charge in [0, 0.05) is 55.7 Å². The second-order valence-corrected chi connectivity index (χ2v) is 9.38. The number of benzene rings is 2. The van der Waals surface area contributed by atoms with Crippen molar-refractivity contribution in [2.24, 2.45) is 0 Å². The van der Waals surface area contributed by atoms with Gasteiger partial charge >= 0.3 is 0 Å². The summed E-state index contributed by atoms with van der Waals surface area (Å²) in [5, 5.41) is 0. The van der Waals surface area contributed by atoms with Crippen LogP contribution in [0.25, 0.3) is 68.6 Å². The van der Waals surface area contributed by atoms with Crippen LogP contribution in [0, 0.1) is 0 Å². The van der Waals surface area contributed by atoms with Crippen LogP contribution in [0.2, 0.25) is 0 Å². The van der Waals surface area contributed by atoms with Crippen molar-refractivity contribution < 1.29 is 0 Å². The Labute approximate surface area is 219 Å². The van der Waals surface area contributed by atoms with E-state index in [2.05, 4.69) is 22.1 Å². The van der Waals surface area contributed by atoms with Gasteiger partial charge in [0.15, 0.2) is 0 Å². The molecule has 3 aromatic heterocycles. The van der Waals surface area contributed by atoms with Gasteiger partial charge in [0.25, 0.3) is 0 Å². The lowest BCUT2D eigenvalue weighted by Gasteiger charge is -2.07. The number of nitrogens with one attached hydrogen (secondary N) is 2. The summed E-state index contributed by atoms with van der Waals surface area (Å²) in [6.45, 7) is 0. The molecule has 0 aliphatic carbocycles. The zero-order valence-electron chi connectivity index (χ0n) is 20.4. The molecule has 6 heteroatoms. The molecule has 0 unspecified atom stereocenters. The van der Waals surface area contributed by atoms with Gasteiger partial charge in [-0.2, -0.15) is 0 Å². The van der Waals surface area contributed by atoms with Crippen LogP contribution in [-0.2, 0) is 0 Å².